The first kappa shape index (κ1) is 22.8. The minimum Gasteiger partial charge on any atom is -0.329 e. The Kier molecular flexibility index (Phi) is 8.95. The van der Waals surface area contributed by atoms with Gasteiger partial charge in [0.25, 0.3) is 10.2 Å². The molecule has 0 aliphatic rings. The summed E-state index contributed by atoms with van der Waals surface area (Å²) in [5.41, 5.74) is 6.56. The molecule has 144 valence electrons. The van der Waals surface area contributed by atoms with Crippen LogP contribution < -0.4 is 5.73 Å². The van der Waals surface area contributed by atoms with Crippen molar-refractivity contribution in [3.8, 4) is 0 Å². The highest BCUT2D eigenvalue weighted by molar-refractivity contribution is 7.86. The first-order chi connectivity index (χ1) is 11.9. The molecule has 0 amide bonds. The van der Waals surface area contributed by atoms with E-state index in [1.807, 2.05) is 30.3 Å². The fourth-order valence-electron chi connectivity index (χ4n) is 2.39. The molecule has 2 N–H and O–H groups in total. The number of hydrogen-bond donors (Lipinski definition) is 1. The molecule has 0 radical (unpaired) electrons. The molecule has 2 aromatic carbocycles. The van der Waals surface area contributed by atoms with Gasteiger partial charge in [0.05, 0.1) is 0 Å². The van der Waals surface area contributed by atoms with Gasteiger partial charge in [-0.2, -0.15) is 17.0 Å². The molecule has 0 aliphatic carbocycles. The molecule has 0 bridgehead atoms. The average molecular weight is 422 g/mol. The van der Waals surface area contributed by atoms with Gasteiger partial charge in [0.1, 0.15) is 5.82 Å². The maximum Gasteiger partial charge on any atom is 0.282 e. The summed E-state index contributed by atoms with van der Waals surface area (Å²) in [5.74, 6) is -0.539. The van der Waals surface area contributed by atoms with Crippen LogP contribution in [0, 0.1) is 5.82 Å². The van der Waals surface area contributed by atoms with Gasteiger partial charge >= 0.3 is 0 Å². The monoisotopic (exact) mass is 421 g/mol. The second-order valence-corrected chi connectivity index (χ2v) is 8.01. The maximum atomic E-state index is 14.0. The SMILES string of the molecule is CN(Cc1c(F)cccc1Cl)S(=O)(=O)N(CCN)Cc1ccccc1.Cl. The molecular weight excluding hydrogens is 400 g/mol. The first-order valence-electron chi connectivity index (χ1n) is 7.74. The van der Waals surface area contributed by atoms with Crippen LogP contribution in [0.5, 0.6) is 0 Å². The lowest BCUT2D eigenvalue weighted by molar-refractivity contribution is 0.354. The minimum absolute atomic E-state index is 0. The highest BCUT2D eigenvalue weighted by atomic mass is 35.5. The Labute approximate surface area is 165 Å². The fourth-order valence-corrected chi connectivity index (χ4v) is 3.95. The van der Waals surface area contributed by atoms with E-state index in [-0.39, 0.29) is 49.2 Å². The molecule has 0 saturated heterocycles. The first-order valence-corrected chi connectivity index (χ1v) is 9.52. The third-order valence-corrected chi connectivity index (χ3v) is 5.98. The zero-order chi connectivity index (χ0) is 18.4. The van der Waals surface area contributed by atoms with E-state index in [0.29, 0.717) is 0 Å². The summed E-state index contributed by atoms with van der Waals surface area (Å²) >= 11 is 6.00. The van der Waals surface area contributed by atoms with Crippen LogP contribution in [0.25, 0.3) is 0 Å². The molecule has 2 rings (SSSR count). The highest BCUT2D eigenvalue weighted by Gasteiger charge is 2.27. The van der Waals surface area contributed by atoms with Crippen molar-refractivity contribution in [3.63, 3.8) is 0 Å². The van der Waals surface area contributed by atoms with Crippen LogP contribution in [0.3, 0.4) is 0 Å². The number of benzene rings is 2. The van der Waals surface area contributed by atoms with Crippen LogP contribution in [-0.2, 0) is 23.3 Å². The molecule has 0 aliphatic heterocycles. The normalized spacial score (nSPS) is 11.6. The Hall–Kier alpha value is -1.22. The van der Waals surface area contributed by atoms with Gasteiger partial charge in [-0.25, -0.2) is 4.39 Å². The second kappa shape index (κ2) is 10.2. The van der Waals surface area contributed by atoms with Crippen LogP contribution in [0.4, 0.5) is 4.39 Å². The van der Waals surface area contributed by atoms with Gasteiger partial charge in [-0.3, -0.25) is 0 Å². The predicted molar refractivity (Wildman–Crippen MR) is 105 cm³/mol. The van der Waals surface area contributed by atoms with Gasteiger partial charge in [-0.1, -0.05) is 48.0 Å². The maximum absolute atomic E-state index is 14.0. The van der Waals surface area contributed by atoms with Crippen LogP contribution in [-0.4, -0.2) is 37.2 Å². The summed E-state index contributed by atoms with van der Waals surface area (Å²) in [7, 11) is -2.44. The third-order valence-electron chi connectivity index (χ3n) is 3.74. The highest BCUT2D eigenvalue weighted by Crippen LogP contribution is 2.22. The van der Waals surface area contributed by atoms with E-state index in [4.69, 9.17) is 17.3 Å². The van der Waals surface area contributed by atoms with Gasteiger partial charge in [-0.15, -0.1) is 12.4 Å². The van der Waals surface area contributed by atoms with E-state index in [1.54, 1.807) is 0 Å². The van der Waals surface area contributed by atoms with Crippen LogP contribution >= 0.6 is 24.0 Å². The summed E-state index contributed by atoms with van der Waals surface area (Å²) in [4.78, 5) is 0. The van der Waals surface area contributed by atoms with Crippen molar-refractivity contribution in [2.24, 2.45) is 5.73 Å². The Morgan fingerprint density at radius 2 is 1.73 bits per heavy atom. The standard InChI is InChI=1S/C17H21ClFN3O2S.ClH/c1-21(13-15-16(18)8-5-9-17(15)19)25(23,24)22(11-10-20)12-14-6-3-2-4-7-14;/h2-9H,10-13,20H2,1H3;1H. The molecule has 0 saturated carbocycles. The second-order valence-electron chi connectivity index (χ2n) is 5.57. The van der Waals surface area contributed by atoms with Gasteiger partial charge < -0.3 is 5.73 Å². The molecule has 0 aromatic heterocycles. The minimum atomic E-state index is -3.83. The zero-order valence-corrected chi connectivity index (χ0v) is 16.7. The Morgan fingerprint density at radius 3 is 2.31 bits per heavy atom. The number of halogens is 3. The molecule has 0 spiro atoms. The Morgan fingerprint density at radius 1 is 1.08 bits per heavy atom. The van der Waals surface area contributed by atoms with E-state index >= 15 is 0 Å². The molecule has 26 heavy (non-hydrogen) atoms. The van der Waals surface area contributed by atoms with Crippen molar-refractivity contribution in [1.82, 2.24) is 8.61 Å². The Bertz CT molecular complexity index is 787. The summed E-state index contributed by atoms with van der Waals surface area (Å²) in [6.07, 6.45) is 0. The zero-order valence-electron chi connectivity index (χ0n) is 14.3. The quantitative estimate of drug-likeness (QED) is 0.711. The molecule has 0 fully saturated rings. The van der Waals surface area contributed by atoms with Gasteiger partial charge in [-0.05, 0) is 17.7 Å². The lowest BCUT2D eigenvalue weighted by Gasteiger charge is -2.27. The molecule has 2 aromatic rings. The lowest BCUT2D eigenvalue weighted by Crippen LogP contribution is -2.43. The topological polar surface area (TPSA) is 66.6 Å². The molecule has 0 atom stereocenters. The smallest absolute Gasteiger partial charge is 0.282 e. The van der Waals surface area contributed by atoms with Crippen molar-refractivity contribution in [2.75, 3.05) is 20.1 Å². The van der Waals surface area contributed by atoms with E-state index < -0.39 is 16.0 Å². The van der Waals surface area contributed by atoms with Gasteiger partial charge in [0, 0.05) is 43.8 Å². The molecule has 0 heterocycles. The van der Waals surface area contributed by atoms with Gasteiger partial charge in [0.15, 0.2) is 0 Å². The van der Waals surface area contributed by atoms with E-state index in [0.717, 1.165) is 9.87 Å². The molecule has 0 unspecified atom stereocenters. The van der Waals surface area contributed by atoms with Crippen molar-refractivity contribution in [2.45, 2.75) is 13.1 Å². The van der Waals surface area contributed by atoms with Crippen LogP contribution in [0.15, 0.2) is 48.5 Å². The summed E-state index contributed by atoms with van der Waals surface area (Å²) in [5, 5.41) is 0.190. The summed E-state index contributed by atoms with van der Waals surface area (Å²) in [6, 6.07) is 13.5. The summed E-state index contributed by atoms with van der Waals surface area (Å²) in [6.45, 7) is 0.367. The lowest BCUT2D eigenvalue weighted by atomic mass is 10.2. The van der Waals surface area contributed by atoms with Crippen LogP contribution in [0.2, 0.25) is 5.02 Å². The van der Waals surface area contributed by atoms with Gasteiger partial charge in [0.2, 0.25) is 0 Å². The molecule has 9 heteroatoms. The van der Waals surface area contributed by atoms with E-state index in [2.05, 4.69) is 0 Å². The number of nitrogens with zero attached hydrogens (tertiary/aromatic N) is 2. The Balaban J connectivity index is 0.00000338. The van der Waals surface area contributed by atoms with Crippen molar-refractivity contribution in [1.29, 1.82) is 0 Å². The van der Waals surface area contributed by atoms with Crippen molar-refractivity contribution >= 4 is 34.2 Å². The number of rotatable bonds is 8. The molecular formula is C17H22Cl2FN3O2S. The van der Waals surface area contributed by atoms with Crippen LogP contribution in [0.1, 0.15) is 11.1 Å². The number of hydrogen-bond acceptors (Lipinski definition) is 3. The third kappa shape index (κ3) is 5.64. The predicted octanol–water partition coefficient (Wildman–Crippen LogP) is 3.04. The summed E-state index contributed by atoms with van der Waals surface area (Å²) < 4.78 is 42.1. The van der Waals surface area contributed by atoms with E-state index in [9.17, 15) is 12.8 Å². The number of nitrogens with two attached hydrogens (primary N) is 1. The van der Waals surface area contributed by atoms with Crippen molar-refractivity contribution in [3.05, 3.63) is 70.5 Å². The van der Waals surface area contributed by atoms with Crippen molar-refractivity contribution < 1.29 is 12.8 Å². The fraction of sp³-hybridized carbons (Fsp3) is 0.294. The molecule has 5 nitrogen and oxygen atoms in total. The average Bonchev–Trinajstić information content (AvgIpc) is 2.58. The largest absolute Gasteiger partial charge is 0.329 e. The van der Waals surface area contributed by atoms with E-state index in [1.165, 1.54) is 29.6 Å².